The van der Waals surface area contributed by atoms with E-state index in [1.54, 1.807) is 6.07 Å². The lowest BCUT2D eigenvalue weighted by molar-refractivity contribution is -0.204. The van der Waals surface area contributed by atoms with Crippen LogP contribution in [0.5, 0.6) is 0 Å². The molecule has 0 aromatic heterocycles. The van der Waals surface area contributed by atoms with E-state index in [1.807, 2.05) is 0 Å². The van der Waals surface area contributed by atoms with Crippen molar-refractivity contribution in [3.05, 3.63) is 67.9 Å². The summed E-state index contributed by atoms with van der Waals surface area (Å²) in [6, 6.07) is 5.66. The molecule has 0 bridgehead atoms. The molecule has 0 saturated carbocycles. The first-order valence-corrected chi connectivity index (χ1v) is 9.83. The van der Waals surface area contributed by atoms with Gasteiger partial charge in [0.25, 0.3) is 0 Å². The maximum atomic E-state index is 14.6. The highest BCUT2D eigenvalue weighted by Crippen LogP contribution is 2.55. The predicted octanol–water partition coefficient (Wildman–Crippen LogP) is 5.59. The van der Waals surface area contributed by atoms with E-state index < -0.39 is 41.9 Å². The highest BCUT2D eigenvalue weighted by molar-refractivity contribution is 6.48. The van der Waals surface area contributed by atoms with Crippen molar-refractivity contribution in [1.82, 2.24) is 5.32 Å². The van der Waals surface area contributed by atoms with Gasteiger partial charge in [-0.3, -0.25) is 4.79 Å². The van der Waals surface area contributed by atoms with Crippen molar-refractivity contribution in [2.75, 3.05) is 13.7 Å². The van der Waals surface area contributed by atoms with E-state index in [9.17, 15) is 22.4 Å². The molecule has 3 atom stereocenters. The van der Waals surface area contributed by atoms with Crippen LogP contribution in [-0.4, -0.2) is 25.8 Å². The maximum absolute atomic E-state index is 14.6. The minimum absolute atomic E-state index is 0.116. The van der Waals surface area contributed by atoms with Gasteiger partial charge in [-0.25, -0.2) is 4.39 Å². The smallest absolute Gasteiger partial charge is 0.400 e. The van der Waals surface area contributed by atoms with Crippen molar-refractivity contribution < 1.29 is 27.1 Å². The fourth-order valence-electron chi connectivity index (χ4n) is 3.91. The van der Waals surface area contributed by atoms with Crippen molar-refractivity contribution in [3.8, 4) is 6.07 Å². The first-order chi connectivity index (χ1) is 14.5. The number of nitrogens with zero attached hydrogens (tertiary/aromatic N) is 1. The van der Waals surface area contributed by atoms with Gasteiger partial charge in [0.1, 0.15) is 17.3 Å². The van der Waals surface area contributed by atoms with Crippen LogP contribution in [0.3, 0.4) is 0 Å². The van der Waals surface area contributed by atoms with Crippen molar-refractivity contribution in [1.29, 1.82) is 5.26 Å². The number of methoxy groups -OCH3 is 1. The molecule has 31 heavy (non-hydrogen) atoms. The molecule has 3 unspecified atom stereocenters. The van der Waals surface area contributed by atoms with Crippen molar-refractivity contribution >= 4 is 40.8 Å². The fourth-order valence-corrected chi connectivity index (χ4v) is 4.51. The number of carbonyl (C=O) groups is 1. The lowest BCUT2D eigenvalue weighted by atomic mass is 9.68. The van der Waals surface area contributed by atoms with Crippen LogP contribution in [0.15, 0.2) is 30.3 Å². The van der Waals surface area contributed by atoms with Gasteiger partial charge in [-0.05, 0) is 35.4 Å². The van der Waals surface area contributed by atoms with Crippen LogP contribution in [0.4, 0.5) is 17.6 Å². The van der Waals surface area contributed by atoms with Gasteiger partial charge in [-0.1, -0.05) is 40.9 Å². The number of rotatable bonds is 3. The van der Waals surface area contributed by atoms with Gasteiger partial charge in [0, 0.05) is 12.6 Å². The Morgan fingerprint density at radius 3 is 2.35 bits per heavy atom. The Morgan fingerprint density at radius 1 is 1.23 bits per heavy atom. The zero-order valence-electron chi connectivity index (χ0n) is 15.7. The Kier molecular flexibility index (Phi) is 6.45. The van der Waals surface area contributed by atoms with Gasteiger partial charge in [-0.2, -0.15) is 18.4 Å². The summed E-state index contributed by atoms with van der Waals surface area (Å²) in [4.78, 5) is 12.7. The van der Waals surface area contributed by atoms with Crippen molar-refractivity contribution in [3.63, 3.8) is 0 Å². The maximum Gasteiger partial charge on any atom is 0.400 e. The van der Waals surface area contributed by atoms with Gasteiger partial charge in [0.05, 0.1) is 33.7 Å². The van der Waals surface area contributed by atoms with E-state index in [2.05, 4.69) is 5.32 Å². The Morgan fingerprint density at radius 2 is 1.84 bits per heavy atom. The molecule has 1 aliphatic rings. The molecule has 0 radical (unpaired) electrons. The first-order valence-electron chi connectivity index (χ1n) is 8.70. The molecular weight excluding hydrogens is 483 g/mol. The Hall–Kier alpha value is -2.05. The van der Waals surface area contributed by atoms with Crippen LogP contribution in [0, 0.1) is 23.1 Å². The molecule has 1 heterocycles. The van der Waals surface area contributed by atoms with E-state index in [1.165, 1.54) is 6.07 Å². The Balaban J connectivity index is 2.27. The summed E-state index contributed by atoms with van der Waals surface area (Å²) >= 11 is 17.9. The minimum atomic E-state index is -4.95. The van der Waals surface area contributed by atoms with Crippen LogP contribution in [-0.2, 0) is 14.9 Å². The highest BCUT2D eigenvalue weighted by Gasteiger charge is 2.68. The summed E-state index contributed by atoms with van der Waals surface area (Å²) < 4.78 is 62.4. The molecule has 11 heteroatoms. The average Bonchev–Trinajstić information content (AvgIpc) is 3.13. The van der Waals surface area contributed by atoms with E-state index in [0.717, 1.165) is 31.4 Å². The number of esters is 1. The number of hydrogen-bond acceptors (Lipinski definition) is 4. The Labute approximate surface area is 189 Å². The Bertz CT molecular complexity index is 1060. The zero-order valence-corrected chi connectivity index (χ0v) is 17.9. The predicted molar refractivity (Wildman–Crippen MR) is 107 cm³/mol. The first kappa shape index (κ1) is 23.6. The summed E-state index contributed by atoms with van der Waals surface area (Å²) in [6.45, 7) is -0.728. The lowest BCUT2D eigenvalue weighted by Gasteiger charge is -2.37. The number of halogens is 7. The minimum Gasteiger partial charge on any atom is -0.469 e. The second kappa shape index (κ2) is 8.47. The number of carbonyl (C=O) groups excluding carboxylic acids is 1. The summed E-state index contributed by atoms with van der Waals surface area (Å²) in [7, 11) is 0.964. The third kappa shape index (κ3) is 3.85. The molecule has 164 valence electrons. The zero-order chi connectivity index (χ0) is 23.1. The molecule has 2 aromatic rings. The molecule has 1 saturated heterocycles. The third-order valence-electron chi connectivity index (χ3n) is 5.39. The largest absolute Gasteiger partial charge is 0.469 e. The van der Waals surface area contributed by atoms with E-state index in [-0.39, 0.29) is 31.8 Å². The second-order valence-corrected chi connectivity index (χ2v) is 8.13. The van der Waals surface area contributed by atoms with E-state index >= 15 is 0 Å². The number of benzene rings is 2. The standard InChI is InChI=1S/C20H13Cl3F4N2O2/c1-31-18(30)15-17(9-2-3-14(24)10(4-9)7-28)29-8-19(15,20(25,26)27)11-5-12(21)16(23)13(22)6-11/h2-6,15,17,29H,8H2,1H3. The van der Waals surface area contributed by atoms with Crippen LogP contribution >= 0.6 is 34.8 Å². The quantitative estimate of drug-likeness (QED) is 0.342. The average molecular weight is 496 g/mol. The molecule has 0 aliphatic carbocycles. The number of nitriles is 1. The number of ether oxygens (including phenoxy) is 1. The molecule has 2 aromatic carbocycles. The highest BCUT2D eigenvalue weighted by atomic mass is 35.5. The van der Waals surface area contributed by atoms with Gasteiger partial charge < -0.3 is 10.1 Å². The monoisotopic (exact) mass is 494 g/mol. The summed E-state index contributed by atoms with van der Waals surface area (Å²) in [5, 5.41) is 11.2. The molecule has 0 amide bonds. The molecular formula is C20H13Cl3F4N2O2. The summed E-state index contributed by atoms with van der Waals surface area (Å²) in [5.74, 6) is -3.82. The van der Waals surface area contributed by atoms with Gasteiger partial charge >= 0.3 is 12.1 Å². The van der Waals surface area contributed by atoms with Gasteiger partial charge in [0.15, 0.2) is 0 Å². The second-order valence-electron chi connectivity index (χ2n) is 6.93. The normalized spacial score (nSPS) is 23.5. The van der Waals surface area contributed by atoms with Crippen LogP contribution in [0.25, 0.3) is 0 Å². The van der Waals surface area contributed by atoms with Crippen LogP contribution in [0.1, 0.15) is 22.7 Å². The third-order valence-corrected chi connectivity index (χ3v) is 6.59. The topological polar surface area (TPSA) is 62.1 Å². The van der Waals surface area contributed by atoms with Crippen LogP contribution < -0.4 is 5.32 Å². The molecule has 1 N–H and O–H groups in total. The fraction of sp³-hybridized carbons (Fsp3) is 0.300. The molecule has 3 rings (SSSR count). The molecule has 1 aliphatic heterocycles. The molecule has 0 spiro atoms. The van der Waals surface area contributed by atoms with Crippen molar-refractivity contribution in [2.24, 2.45) is 5.92 Å². The number of alkyl halides is 3. The summed E-state index contributed by atoms with van der Waals surface area (Å²) in [5.41, 5.74) is -3.42. The summed E-state index contributed by atoms with van der Waals surface area (Å²) in [6.07, 6.45) is -4.95. The van der Waals surface area contributed by atoms with Gasteiger partial charge in [0.2, 0.25) is 0 Å². The van der Waals surface area contributed by atoms with Crippen LogP contribution in [0.2, 0.25) is 15.1 Å². The SMILES string of the molecule is COC(=O)C1C(c2ccc(F)c(C#N)c2)NCC1(c1cc(Cl)c(Cl)c(Cl)c1)C(F)(F)F. The molecule has 1 fully saturated rings. The van der Waals surface area contributed by atoms with Gasteiger partial charge in [-0.15, -0.1) is 0 Å². The number of hydrogen-bond donors (Lipinski definition) is 1. The van der Waals surface area contributed by atoms with E-state index in [0.29, 0.717) is 0 Å². The molecule has 4 nitrogen and oxygen atoms in total. The lowest BCUT2D eigenvalue weighted by Crippen LogP contribution is -2.51. The van der Waals surface area contributed by atoms with Crippen molar-refractivity contribution in [2.45, 2.75) is 17.6 Å². The van der Waals surface area contributed by atoms with E-state index in [4.69, 9.17) is 44.8 Å². The number of nitrogens with one attached hydrogen (secondary N) is 1.